The number of methoxy groups -OCH3 is 1. The Hall–Kier alpha value is -1.36. The summed E-state index contributed by atoms with van der Waals surface area (Å²) in [6.45, 7) is 2.19. The Bertz CT molecular complexity index is 365. The summed E-state index contributed by atoms with van der Waals surface area (Å²) in [5.74, 6) is -0.525. The molecule has 5 heteroatoms. The summed E-state index contributed by atoms with van der Waals surface area (Å²) in [5.41, 5.74) is 0. The lowest BCUT2D eigenvalue weighted by atomic mass is 10.1. The molecule has 0 aliphatic rings. The van der Waals surface area contributed by atoms with Crippen molar-refractivity contribution in [2.75, 3.05) is 7.11 Å². The average molecular weight is 357 g/mol. The number of unbranched alkanes of at least 4 members (excludes halogenated alkanes) is 8. The fourth-order valence-electron chi connectivity index (χ4n) is 2.54. The zero-order chi connectivity index (χ0) is 18.8. The quantitative estimate of drug-likeness (QED) is 0.186. The first-order valence-electron chi connectivity index (χ1n) is 9.71. The molecule has 0 radical (unpaired) electrons. The van der Waals surface area contributed by atoms with E-state index in [-0.39, 0.29) is 12.5 Å². The second kappa shape index (κ2) is 17.5. The van der Waals surface area contributed by atoms with Crippen LogP contribution in [0.1, 0.15) is 90.4 Å². The molecule has 0 heterocycles. The molecular weight excluding hydrogens is 320 g/mol. The highest BCUT2D eigenvalue weighted by Crippen LogP contribution is 2.10. The SMILES string of the molecule is CCCCCC[C@@H](O)C/C=C\CCCCCCCC(=O)OC(=O)OC. The molecule has 1 N–H and O–H groups in total. The third-order valence-electron chi connectivity index (χ3n) is 4.08. The van der Waals surface area contributed by atoms with Crippen molar-refractivity contribution in [1.82, 2.24) is 0 Å². The largest absolute Gasteiger partial charge is 0.515 e. The Labute approximate surface area is 152 Å². The summed E-state index contributed by atoms with van der Waals surface area (Å²) in [6.07, 6.45) is 15.9. The zero-order valence-corrected chi connectivity index (χ0v) is 16.0. The van der Waals surface area contributed by atoms with Gasteiger partial charge in [0, 0.05) is 6.42 Å². The highest BCUT2D eigenvalue weighted by atomic mass is 16.7. The lowest BCUT2D eigenvalue weighted by molar-refractivity contribution is -0.139. The molecule has 0 aromatic rings. The minimum Gasteiger partial charge on any atom is -0.437 e. The molecule has 0 amide bonds. The van der Waals surface area contributed by atoms with E-state index in [0.29, 0.717) is 0 Å². The van der Waals surface area contributed by atoms with Crippen LogP contribution < -0.4 is 0 Å². The second-order valence-corrected chi connectivity index (χ2v) is 6.44. The third kappa shape index (κ3) is 17.3. The molecule has 0 unspecified atom stereocenters. The number of hydrogen-bond donors (Lipinski definition) is 1. The lowest BCUT2D eigenvalue weighted by Gasteiger charge is -2.07. The van der Waals surface area contributed by atoms with Crippen molar-refractivity contribution in [3.05, 3.63) is 12.2 Å². The zero-order valence-electron chi connectivity index (χ0n) is 16.0. The van der Waals surface area contributed by atoms with Crippen molar-refractivity contribution in [2.45, 2.75) is 96.5 Å². The predicted octanol–water partition coefficient (Wildman–Crippen LogP) is 5.30. The highest BCUT2D eigenvalue weighted by Gasteiger charge is 2.09. The summed E-state index contributed by atoms with van der Waals surface area (Å²) in [4.78, 5) is 21.9. The van der Waals surface area contributed by atoms with Crippen molar-refractivity contribution in [1.29, 1.82) is 0 Å². The van der Waals surface area contributed by atoms with E-state index in [4.69, 9.17) is 0 Å². The Morgan fingerprint density at radius 3 is 2.36 bits per heavy atom. The van der Waals surface area contributed by atoms with Crippen LogP contribution in [0.25, 0.3) is 0 Å². The van der Waals surface area contributed by atoms with Crippen LogP contribution in [0.3, 0.4) is 0 Å². The number of hydrogen-bond acceptors (Lipinski definition) is 5. The molecule has 1 atom stereocenters. The molecule has 0 saturated heterocycles. The van der Waals surface area contributed by atoms with Crippen LogP contribution in [-0.2, 0) is 14.3 Å². The minimum atomic E-state index is -0.942. The third-order valence-corrected chi connectivity index (χ3v) is 4.08. The summed E-state index contributed by atoms with van der Waals surface area (Å²) in [5, 5.41) is 9.85. The smallest absolute Gasteiger partial charge is 0.437 e. The van der Waals surface area contributed by atoms with E-state index >= 15 is 0 Å². The van der Waals surface area contributed by atoms with E-state index in [1.165, 1.54) is 26.4 Å². The van der Waals surface area contributed by atoms with Crippen LogP contribution in [0.15, 0.2) is 12.2 Å². The molecule has 0 aromatic heterocycles. The van der Waals surface area contributed by atoms with E-state index in [1.54, 1.807) is 0 Å². The fourth-order valence-corrected chi connectivity index (χ4v) is 2.54. The fraction of sp³-hybridized carbons (Fsp3) is 0.800. The highest BCUT2D eigenvalue weighted by molar-refractivity contribution is 5.81. The number of aliphatic hydroxyl groups is 1. The van der Waals surface area contributed by atoms with Gasteiger partial charge in [-0.2, -0.15) is 0 Å². The number of esters is 1. The maximum absolute atomic E-state index is 11.2. The normalized spacial score (nSPS) is 12.3. The van der Waals surface area contributed by atoms with Gasteiger partial charge in [0.2, 0.25) is 0 Å². The van der Waals surface area contributed by atoms with Crippen molar-refractivity contribution >= 4 is 12.1 Å². The Morgan fingerprint density at radius 1 is 0.960 bits per heavy atom. The molecule has 0 rings (SSSR count). The molecule has 146 valence electrons. The van der Waals surface area contributed by atoms with Gasteiger partial charge in [0.15, 0.2) is 0 Å². The van der Waals surface area contributed by atoms with Gasteiger partial charge in [-0.3, -0.25) is 4.79 Å². The first-order valence-corrected chi connectivity index (χ1v) is 9.71. The van der Waals surface area contributed by atoms with Gasteiger partial charge >= 0.3 is 12.1 Å². The van der Waals surface area contributed by atoms with Gasteiger partial charge in [0.1, 0.15) is 0 Å². The van der Waals surface area contributed by atoms with E-state index < -0.39 is 12.1 Å². The molecule has 0 fully saturated rings. The van der Waals surface area contributed by atoms with Crippen LogP contribution in [0.5, 0.6) is 0 Å². The summed E-state index contributed by atoms with van der Waals surface area (Å²) < 4.78 is 8.65. The number of rotatable bonds is 15. The first kappa shape index (κ1) is 23.6. The molecule has 0 saturated carbocycles. The molecule has 0 aliphatic carbocycles. The molecular formula is C20H36O5. The number of ether oxygens (including phenoxy) is 2. The average Bonchev–Trinajstić information content (AvgIpc) is 2.60. The van der Waals surface area contributed by atoms with E-state index in [1.807, 2.05) is 0 Å². The van der Waals surface area contributed by atoms with Gasteiger partial charge in [-0.25, -0.2) is 4.79 Å². The number of carbonyl (C=O) groups excluding carboxylic acids is 2. The number of allylic oxidation sites excluding steroid dienone is 1. The molecule has 0 spiro atoms. The minimum absolute atomic E-state index is 0.196. The second-order valence-electron chi connectivity index (χ2n) is 6.44. The van der Waals surface area contributed by atoms with Crippen LogP contribution >= 0.6 is 0 Å². The van der Waals surface area contributed by atoms with E-state index in [0.717, 1.165) is 57.8 Å². The van der Waals surface area contributed by atoms with Gasteiger partial charge in [-0.15, -0.1) is 0 Å². The molecule has 0 aromatic carbocycles. The standard InChI is InChI=1S/C20H36O5/c1-3-4-5-12-15-18(21)16-13-10-8-6-7-9-11-14-17-19(22)25-20(23)24-2/h10,13,18,21H,3-9,11-12,14-17H2,1-2H3/b13-10-/t18-/m1/s1. The van der Waals surface area contributed by atoms with Gasteiger partial charge in [0.05, 0.1) is 13.2 Å². The summed E-state index contributed by atoms with van der Waals surface area (Å²) >= 11 is 0. The van der Waals surface area contributed by atoms with Gasteiger partial charge in [-0.05, 0) is 32.1 Å². The van der Waals surface area contributed by atoms with Crippen molar-refractivity contribution in [2.24, 2.45) is 0 Å². The molecule has 25 heavy (non-hydrogen) atoms. The van der Waals surface area contributed by atoms with Gasteiger partial charge in [0.25, 0.3) is 0 Å². The number of aliphatic hydroxyl groups excluding tert-OH is 1. The Balaban J connectivity index is 3.37. The maximum Gasteiger partial charge on any atom is 0.515 e. The summed E-state index contributed by atoms with van der Waals surface area (Å²) in [6, 6.07) is 0. The van der Waals surface area contributed by atoms with Crippen molar-refractivity contribution in [3.63, 3.8) is 0 Å². The van der Waals surface area contributed by atoms with Crippen LogP contribution in [0.2, 0.25) is 0 Å². The maximum atomic E-state index is 11.2. The first-order chi connectivity index (χ1) is 12.1. The molecule has 5 nitrogen and oxygen atoms in total. The predicted molar refractivity (Wildman–Crippen MR) is 99.3 cm³/mol. The summed E-state index contributed by atoms with van der Waals surface area (Å²) in [7, 11) is 1.18. The number of carbonyl (C=O) groups is 2. The van der Waals surface area contributed by atoms with Crippen LogP contribution in [0, 0.1) is 0 Å². The Morgan fingerprint density at radius 2 is 1.64 bits per heavy atom. The van der Waals surface area contributed by atoms with Gasteiger partial charge < -0.3 is 14.6 Å². The van der Waals surface area contributed by atoms with E-state index in [2.05, 4.69) is 28.5 Å². The monoisotopic (exact) mass is 356 g/mol. The van der Waals surface area contributed by atoms with E-state index in [9.17, 15) is 14.7 Å². The molecule has 0 aliphatic heterocycles. The van der Waals surface area contributed by atoms with Crippen molar-refractivity contribution < 1.29 is 24.2 Å². The van der Waals surface area contributed by atoms with Crippen molar-refractivity contribution in [3.8, 4) is 0 Å². The molecule has 0 bridgehead atoms. The van der Waals surface area contributed by atoms with Crippen LogP contribution in [0.4, 0.5) is 4.79 Å². The Kier molecular flexibility index (Phi) is 16.5. The van der Waals surface area contributed by atoms with Crippen LogP contribution in [-0.4, -0.2) is 30.4 Å². The van der Waals surface area contributed by atoms with Gasteiger partial charge in [-0.1, -0.05) is 64.0 Å². The topological polar surface area (TPSA) is 72.8 Å². The lowest BCUT2D eigenvalue weighted by Crippen LogP contribution is -2.11.